The summed E-state index contributed by atoms with van der Waals surface area (Å²) in [7, 11) is 3.71. The molecule has 0 aliphatic heterocycles. The first-order chi connectivity index (χ1) is 8.91. The summed E-state index contributed by atoms with van der Waals surface area (Å²) in [4.78, 5) is 24.3. The number of likely N-dealkylation sites (N-methyl/N-ethyl adjacent to an activating group) is 1. The van der Waals surface area contributed by atoms with Crippen molar-refractivity contribution in [3.8, 4) is 0 Å². The molecule has 0 heterocycles. The normalized spacial score (nSPS) is 10.3. The molecule has 0 fully saturated rings. The molecule has 3 N–H and O–H groups in total. The number of carboxylic acid groups (broad SMARTS) is 1. The van der Waals surface area contributed by atoms with E-state index in [9.17, 15) is 14.0 Å². The predicted octanol–water partition coefficient (Wildman–Crippen LogP) is 1.21. The molecule has 0 aliphatic rings. The third kappa shape index (κ3) is 4.55. The molecular formula is C12H16FN3O3. The van der Waals surface area contributed by atoms with E-state index in [1.807, 2.05) is 19.0 Å². The number of rotatable bonds is 5. The lowest BCUT2D eigenvalue weighted by Crippen LogP contribution is -2.34. The molecule has 1 rings (SSSR count). The highest BCUT2D eigenvalue weighted by Crippen LogP contribution is 2.18. The van der Waals surface area contributed by atoms with E-state index in [0.29, 0.717) is 13.1 Å². The number of hydrogen-bond donors (Lipinski definition) is 3. The summed E-state index contributed by atoms with van der Waals surface area (Å²) in [6, 6.07) is 3.11. The van der Waals surface area contributed by atoms with E-state index in [2.05, 4.69) is 10.6 Å². The molecule has 7 heteroatoms. The van der Waals surface area contributed by atoms with Crippen LogP contribution in [0.25, 0.3) is 0 Å². The first kappa shape index (κ1) is 14.9. The lowest BCUT2D eigenvalue weighted by atomic mass is 10.1. The van der Waals surface area contributed by atoms with Gasteiger partial charge in [0.05, 0.1) is 5.69 Å². The maximum absolute atomic E-state index is 13.3. The highest BCUT2D eigenvalue weighted by atomic mass is 19.1. The number of urea groups is 1. The van der Waals surface area contributed by atoms with Gasteiger partial charge in [-0.2, -0.15) is 0 Å². The lowest BCUT2D eigenvalue weighted by Gasteiger charge is -2.12. The summed E-state index contributed by atoms with van der Waals surface area (Å²) in [5.74, 6) is -2.32. The second kappa shape index (κ2) is 6.69. The topological polar surface area (TPSA) is 81.7 Å². The van der Waals surface area contributed by atoms with Crippen LogP contribution in [0.5, 0.6) is 0 Å². The molecule has 104 valence electrons. The number of nitrogens with zero attached hydrogens (tertiary/aromatic N) is 1. The number of carbonyl (C=O) groups excluding carboxylic acids is 1. The molecule has 2 amide bonds. The van der Waals surface area contributed by atoms with E-state index in [1.54, 1.807) is 0 Å². The molecule has 0 saturated heterocycles. The number of benzene rings is 1. The molecule has 0 saturated carbocycles. The highest BCUT2D eigenvalue weighted by Gasteiger charge is 2.16. The van der Waals surface area contributed by atoms with Crippen LogP contribution in [0.2, 0.25) is 0 Å². The Bertz CT molecular complexity index is 477. The van der Waals surface area contributed by atoms with Gasteiger partial charge in [0.1, 0.15) is 11.4 Å². The Labute approximate surface area is 110 Å². The van der Waals surface area contributed by atoms with Gasteiger partial charge in [0.15, 0.2) is 0 Å². The predicted molar refractivity (Wildman–Crippen MR) is 68.9 cm³/mol. The van der Waals surface area contributed by atoms with E-state index in [4.69, 9.17) is 5.11 Å². The number of anilines is 1. The largest absolute Gasteiger partial charge is 0.478 e. The maximum atomic E-state index is 13.3. The Morgan fingerprint density at radius 2 is 2.05 bits per heavy atom. The first-order valence-electron chi connectivity index (χ1n) is 5.63. The second-order valence-corrected chi connectivity index (χ2v) is 4.15. The zero-order valence-electron chi connectivity index (χ0n) is 10.7. The molecule has 0 spiro atoms. The van der Waals surface area contributed by atoms with Crippen molar-refractivity contribution in [1.82, 2.24) is 10.2 Å². The van der Waals surface area contributed by atoms with Crippen molar-refractivity contribution >= 4 is 17.7 Å². The Kier molecular flexibility index (Phi) is 5.25. The highest BCUT2D eigenvalue weighted by molar-refractivity contribution is 6.00. The van der Waals surface area contributed by atoms with Gasteiger partial charge in [0.25, 0.3) is 0 Å². The average molecular weight is 269 g/mol. The smallest absolute Gasteiger partial charge is 0.340 e. The molecule has 0 aliphatic carbocycles. The van der Waals surface area contributed by atoms with Crippen LogP contribution in [0.1, 0.15) is 10.4 Å². The summed E-state index contributed by atoms with van der Waals surface area (Å²) in [5, 5.41) is 13.7. The quantitative estimate of drug-likeness (QED) is 0.750. The lowest BCUT2D eigenvalue weighted by molar-refractivity contribution is 0.0693. The van der Waals surface area contributed by atoms with Crippen LogP contribution in [0, 0.1) is 5.82 Å². The molecule has 6 nitrogen and oxygen atoms in total. The zero-order chi connectivity index (χ0) is 14.4. The van der Waals surface area contributed by atoms with E-state index in [0.717, 1.165) is 6.07 Å². The molecule has 1 aromatic rings. The number of carbonyl (C=O) groups is 2. The van der Waals surface area contributed by atoms with E-state index in [-0.39, 0.29) is 5.69 Å². The minimum Gasteiger partial charge on any atom is -0.478 e. The number of nitrogens with one attached hydrogen (secondary N) is 2. The third-order valence-electron chi connectivity index (χ3n) is 2.32. The minimum absolute atomic E-state index is 0.0742. The Morgan fingerprint density at radius 1 is 1.37 bits per heavy atom. The molecule has 0 unspecified atom stereocenters. The van der Waals surface area contributed by atoms with Crippen molar-refractivity contribution in [3.05, 3.63) is 29.6 Å². The Balaban J connectivity index is 2.69. The van der Waals surface area contributed by atoms with Crippen LogP contribution in [0.3, 0.4) is 0 Å². The molecule has 1 aromatic carbocycles. The number of carboxylic acids is 1. The van der Waals surface area contributed by atoms with Crippen LogP contribution in [0.15, 0.2) is 18.2 Å². The van der Waals surface area contributed by atoms with Gasteiger partial charge in [-0.25, -0.2) is 14.0 Å². The number of aromatic carboxylic acids is 1. The fraction of sp³-hybridized carbons (Fsp3) is 0.333. The van der Waals surface area contributed by atoms with Gasteiger partial charge in [-0.05, 0) is 26.2 Å². The van der Waals surface area contributed by atoms with Crippen LogP contribution in [-0.2, 0) is 0 Å². The maximum Gasteiger partial charge on any atom is 0.340 e. The zero-order valence-corrected chi connectivity index (χ0v) is 10.7. The van der Waals surface area contributed by atoms with Gasteiger partial charge in [-0.15, -0.1) is 0 Å². The van der Waals surface area contributed by atoms with Crippen LogP contribution < -0.4 is 10.6 Å². The van der Waals surface area contributed by atoms with Crippen molar-refractivity contribution in [2.75, 3.05) is 32.5 Å². The van der Waals surface area contributed by atoms with Crippen LogP contribution in [0.4, 0.5) is 14.9 Å². The van der Waals surface area contributed by atoms with Gasteiger partial charge in [-0.1, -0.05) is 6.07 Å². The second-order valence-electron chi connectivity index (χ2n) is 4.15. The first-order valence-corrected chi connectivity index (χ1v) is 5.63. The number of hydrogen-bond acceptors (Lipinski definition) is 3. The SMILES string of the molecule is CN(C)CCNC(=O)Nc1cccc(F)c1C(=O)O. The van der Waals surface area contributed by atoms with Crippen molar-refractivity contribution in [2.45, 2.75) is 0 Å². The number of halogens is 1. The Hall–Kier alpha value is -2.15. The fourth-order valence-electron chi connectivity index (χ4n) is 1.41. The van der Waals surface area contributed by atoms with Gasteiger partial charge in [-0.3, -0.25) is 0 Å². The van der Waals surface area contributed by atoms with Crippen molar-refractivity contribution in [2.24, 2.45) is 0 Å². The summed E-state index contributed by atoms with van der Waals surface area (Å²) in [6.07, 6.45) is 0. The molecule has 0 radical (unpaired) electrons. The van der Waals surface area contributed by atoms with Gasteiger partial charge >= 0.3 is 12.0 Å². The molecular weight excluding hydrogens is 253 g/mol. The van der Waals surface area contributed by atoms with E-state index < -0.39 is 23.4 Å². The number of amides is 2. The molecule has 0 bridgehead atoms. The minimum atomic E-state index is -1.43. The summed E-state index contributed by atoms with van der Waals surface area (Å²) in [5.41, 5.74) is -0.625. The summed E-state index contributed by atoms with van der Waals surface area (Å²) >= 11 is 0. The van der Waals surface area contributed by atoms with Gasteiger partial charge in [0, 0.05) is 13.1 Å². The van der Waals surface area contributed by atoms with Crippen molar-refractivity contribution in [1.29, 1.82) is 0 Å². The summed E-state index contributed by atoms with van der Waals surface area (Å²) in [6.45, 7) is 1.04. The van der Waals surface area contributed by atoms with E-state index in [1.165, 1.54) is 12.1 Å². The average Bonchev–Trinajstić information content (AvgIpc) is 2.27. The standard InChI is InChI=1S/C12H16FN3O3/c1-16(2)7-6-14-12(19)15-9-5-3-4-8(13)10(9)11(17)18/h3-5H,6-7H2,1-2H3,(H,17,18)(H2,14,15,19). The van der Waals surface area contributed by atoms with Crippen LogP contribution >= 0.6 is 0 Å². The summed E-state index contributed by atoms with van der Waals surface area (Å²) < 4.78 is 13.3. The van der Waals surface area contributed by atoms with Crippen molar-refractivity contribution < 1.29 is 19.1 Å². The van der Waals surface area contributed by atoms with Gasteiger partial charge in [0.2, 0.25) is 0 Å². The molecule has 0 aromatic heterocycles. The van der Waals surface area contributed by atoms with Crippen molar-refractivity contribution in [3.63, 3.8) is 0 Å². The van der Waals surface area contributed by atoms with Gasteiger partial charge < -0.3 is 20.6 Å². The molecule has 19 heavy (non-hydrogen) atoms. The Morgan fingerprint density at radius 3 is 2.63 bits per heavy atom. The fourth-order valence-corrected chi connectivity index (χ4v) is 1.41. The third-order valence-corrected chi connectivity index (χ3v) is 2.32. The van der Waals surface area contributed by atoms with E-state index >= 15 is 0 Å². The monoisotopic (exact) mass is 269 g/mol. The van der Waals surface area contributed by atoms with Crippen LogP contribution in [-0.4, -0.2) is 49.2 Å². The molecule has 0 atom stereocenters.